The molecule has 2 aromatic rings. The minimum absolute atomic E-state index is 0. The summed E-state index contributed by atoms with van der Waals surface area (Å²) in [5.74, 6) is 0.731. The van der Waals surface area contributed by atoms with Crippen LogP contribution in [-0.4, -0.2) is 45.1 Å². The second kappa shape index (κ2) is 13.6. The zero-order valence-corrected chi connectivity index (χ0v) is 29.8. The Morgan fingerprint density at radius 1 is 0.643 bits per heavy atom. The van der Waals surface area contributed by atoms with Gasteiger partial charge in [0.2, 0.25) is 0 Å². The van der Waals surface area contributed by atoms with Crippen molar-refractivity contribution in [1.29, 1.82) is 0 Å². The van der Waals surface area contributed by atoms with Crippen LogP contribution in [0.5, 0.6) is 11.5 Å². The Kier molecular flexibility index (Phi) is 12.3. The molecule has 0 fully saturated rings. The third-order valence-corrected chi connectivity index (χ3v) is 7.77. The van der Waals surface area contributed by atoms with Gasteiger partial charge < -0.3 is 23.0 Å². The molecule has 0 amide bonds. The Hall–Kier alpha value is -2.19. The summed E-state index contributed by atoms with van der Waals surface area (Å²) in [5, 5.41) is 27.8. The van der Waals surface area contributed by atoms with E-state index in [0.29, 0.717) is 31.1 Å². The molecule has 0 aromatic heterocycles. The van der Waals surface area contributed by atoms with Crippen LogP contribution in [0.2, 0.25) is 0 Å². The number of benzene rings is 2. The summed E-state index contributed by atoms with van der Waals surface area (Å²) >= 11 is 0. The van der Waals surface area contributed by atoms with Crippen LogP contribution >= 0.6 is 0 Å². The third kappa shape index (κ3) is 9.41. The van der Waals surface area contributed by atoms with Gasteiger partial charge in [0.25, 0.3) is 0 Å². The molecule has 3 rings (SSSR count). The monoisotopic (exact) mass is 587 g/mol. The van der Waals surface area contributed by atoms with Crippen LogP contribution in [0, 0.1) is 7.43 Å². The van der Waals surface area contributed by atoms with Gasteiger partial charge in [-0.2, -0.15) is 6.20 Å². The number of rotatable bonds is 6. The van der Waals surface area contributed by atoms with Crippen molar-refractivity contribution in [2.24, 2.45) is 0 Å². The molecule has 0 radical (unpaired) electrons. The zero-order chi connectivity index (χ0) is 30.3. The summed E-state index contributed by atoms with van der Waals surface area (Å²) in [6.07, 6.45) is 7.96. The first kappa shape index (κ1) is 37.8. The molecule has 0 saturated heterocycles. The second-order valence-electron chi connectivity index (χ2n) is 15.7. The Morgan fingerprint density at radius 2 is 1.05 bits per heavy atom. The number of aromatic hydroxyl groups is 2. The quantitative estimate of drug-likeness (QED) is 0.262. The van der Waals surface area contributed by atoms with Crippen LogP contribution in [0.15, 0.2) is 48.7 Å². The average Bonchev–Trinajstić information content (AvgIpc) is 2.79. The van der Waals surface area contributed by atoms with Gasteiger partial charge in [0.1, 0.15) is 11.5 Å². The molecule has 0 bridgehead atoms. The smallest absolute Gasteiger partial charge is 0.684 e. The Bertz CT molecular complexity index is 1180. The Labute approximate surface area is 268 Å². The molecule has 0 spiro atoms. The molecular formula is C37H56AlN2O2+. The van der Waals surface area contributed by atoms with Crippen molar-refractivity contribution in [3.8, 4) is 11.5 Å². The maximum Gasteiger partial charge on any atom is 3.00 e. The first-order valence-electron chi connectivity index (χ1n) is 14.7. The van der Waals surface area contributed by atoms with Gasteiger partial charge >= 0.3 is 17.4 Å². The predicted octanol–water partition coefficient (Wildman–Crippen LogP) is 9.19. The van der Waals surface area contributed by atoms with E-state index in [1.54, 1.807) is 0 Å². The van der Waals surface area contributed by atoms with Gasteiger partial charge in [0, 0.05) is 24.2 Å². The van der Waals surface area contributed by atoms with Gasteiger partial charge in [-0.05, 0) is 50.5 Å². The van der Waals surface area contributed by atoms with Crippen molar-refractivity contribution in [1.82, 2.24) is 4.90 Å². The first-order valence-corrected chi connectivity index (χ1v) is 14.7. The van der Waals surface area contributed by atoms with E-state index in [1.165, 1.54) is 11.1 Å². The maximum atomic E-state index is 11.6. The van der Waals surface area contributed by atoms with Gasteiger partial charge in [0.05, 0.1) is 0 Å². The number of phenols is 2. The molecule has 42 heavy (non-hydrogen) atoms. The molecule has 2 aromatic carbocycles. The zero-order valence-electron chi connectivity index (χ0n) is 28.7. The molecular weight excluding hydrogens is 531 g/mol. The SMILES string of the molecule is CC(C)(C)c1cc(CN(Cc2cc(C(C)(C)C)cc(C(C)(C)C)c2O)CC2C=CC=C[N-]2)c(O)c(C(C)(C)C)c1.[Al+3].[CH3-]. The van der Waals surface area contributed by atoms with Gasteiger partial charge in [-0.1, -0.05) is 132 Å². The molecule has 5 heteroatoms. The minimum Gasteiger partial charge on any atom is -0.684 e. The minimum atomic E-state index is -0.196. The molecule has 1 heterocycles. The number of hydrogen-bond acceptors (Lipinski definition) is 3. The summed E-state index contributed by atoms with van der Waals surface area (Å²) in [4.78, 5) is 2.32. The Morgan fingerprint density at radius 3 is 1.36 bits per heavy atom. The van der Waals surface area contributed by atoms with E-state index in [1.807, 2.05) is 18.4 Å². The summed E-state index contributed by atoms with van der Waals surface area (Å²) in [5.41, 5.74) is 5.67. The summed E-state index contributed by atoms with van der Waals surface area (Å²) in [7, 11) is 0. The molecule has 1 atom stereocenters. The van der Waals surface area contributed by atoms with Gasteiger partial charge in [-0.3, -0.25) is 4.90 Å². The van der Waals surface area contributed by atoms with Gasteiger partial charge in [-0.25, -0.2) is 0 Å². The van der Waals surface area contributed by atoms with Crippen LogP contribution in [0.4, 0.5) is 0 Å². The van der Waals surface area contributed by atoms with Crippen LogP contribution in [0.1, 0.15) is 116 Å². The molecule has 2 N–H and O–H groups in total. The summed E-state index contributed by atoms with van der Waals surface area (Å²) in [6.45, 7) is 28.0. The van der Waals surface area contributed by atoms with Gasteiger partial charge in [-0.15, -0.1) is 0 Å². The van der Waals surface area contributed by atoms with Crippen molar-refractivity contribution in [3.63, 3.8) is 0 Å². The van der Waals surface area contributed by atoms with E-state index >= 15 is 0 Å². The normalized spacial score (nSPS) is 15.7. The van der Waals surface area contributed by atoms with E-state index in [2.05, 4.69) is 118 Å². The molecule has 1 aliphatic heterocycles. The molecule has 0 saturated carbocycles. The van der Waals surface area contributed by atoms with Crippen molar-refractivity contribution in [2.75, 3.05) is 6.54 Å². The summed E-state index contributed by atoms with van der Waals surface area (Å²) in [6, 6.07) is 8.67. The van der Waals surface area contributed by atoms with Gasteiger partial charge in [0.15, 0.2) is 0 Å². The fourth-order valence-electron chi connectivity index (χ4n) is 5.13. The van der Waals surface area contributed by atoms with Crippen LogP contribution < -0.4 is 0 Å². The number of nitrogens with zero attached hydrogens (tertiary/aromatic N) is 2. The van der Waals surface area contributed by atoms with Crippen molar-refractivity contribution in [2.45, 2.75) is 124 Å². The third-order valence-electron chi connectivity index (χ3n) is 7.77. The molecule has 1 unspecified atom stereocenters. The molecule has 228 valence electrons. The van der Waals surface area contributed by atoms with E-state index in [0.717, 1.165) is 22.3 Å². The van der Waals surface area contributed by atoms with E-state index in [-0.39, 0.29) is 52.5 Å². The topological polar surface area (TPSA) is 57.8 Å². The van der Waals surface area contributed by atoms with Crippen LogP contribution in [0.3, 0.4) is 0 Å². The molecule has 1 aliphatic rings. The van der Waals surface area contributed by atoms with Crippen LogP contribution in [-0.2, 0) is 34.7 Å². The van der Waals surface area contributed by atoms with Crippen LogP contribution in [0.25, 0.3) is 5.32 Å². The molecule has 0 aliphatic carbocycles. The van der Waals surface area contributed by atoms with Crippen molar-refractivity contribution in [3.05, 3.63) is 94.8 Å². The fraction of sp³-hybridized carbons (Fsp3) is 0.541. The first-order chi connectivity index (χ1) is 18.2. The van der Waals surface area contributed by atoms with Crippen molar-refractivity contribution >= 4 is 17.4 Å². The van der Waals surface area contributed by atoms with E-state index in [4.69, 9.17) is 5.32 Å². The van der Waals surface area contributed by atoms with E-state index in [9.17, 15) is 10.2 Å². The fourth-order valence-corrected chi connectivity index (χ4v) is 5.13. The largest absolute Gasteiger partial charge is 3.00 e. The second-order valence-corrected chi connectivity index (χ2v) is 15.7. The van der Waals surface area contributed by atoms with E-state index < -0.39 is 0 Å². The van der Waals surface area contributed by atoms with Crippen molar-refractivity contribution < 1.29 is 10.2 Å². The molecule has 4 nitrogen and oxygen atoms in total. The number of hydrogen-bond donors (Lipinski definition) is 2. The standard InChI is InChI=1S/C36H53N2O2.CH3.Al/c1-33(2,3)26-17-24(31(39)29(19-26)35(7,8)9)21-38(23-28-15-13-14-16-37-28)22-25-18-27(34(4,5)6)20-30(32(25)40)36(10,11)12;;/h13-20,28,39-40H,21-23H2,1-12H3;1H3;/q2*-1;+3. The summed E-state index contributed by atoms with van der Waals surface area (Å²) < 4.78 is 0. The average molecular weight is 588 g/mol. The Balaban J connectivity index is 0.00000441. The number of allylic oxidation sites excluding steroid dienone is 2. The predicted molar refractivity (Wildman–Crippen MR) is 183 cm³/mol. The maximum absolute atomic E-state index is 11.6. The number of phenolic OH excluding ortho intramolecular Hbond substituents is 2.